The van der Waals surface area contributed by atoms with E-state index in [1.165, 1.54) is 49.7 Å². The summed E-state index contributed by atoms with van der Waals surface area (Å²) in [4.78, 5) is 2.38. The van der Waals surface area contributed by atoms with Gasteiger partial charge < -0.3 is 10.5 Å². The van der Waals surface area contributed by atoms with Crippen molar-refractivity contribution in [3.63, 3.8) is 0 Å². The highest BCUT2D eigenvalue weighted by Gasteiger charge is 2.42. The Balaban J connectivity index is 1.54. The van der Waals surface area contributed by atoms with E-state index in [-0.39, 0.29) is 5.60 Å². The molecule has 116 valence electrons. The molecule has 0 amide bonds. The SMILES string of the molecule is CN(Cc1ccccc1CN)CC1CCC2(CCCC2)O1. The van der Waals surface area contributed by atoms with Gasteiger partial charge >= 0.3 is 0 Å². The summed E-state index contributed by atoms with van der Waals surface area (Å²) in [7, 11) is 2.19. The maximum absolute atomic E-state index is 6.41. The molecule has 1 aliphatic heterocycles. The Morgan fingerprint density at radius 3 is 2.62 bits per heavy atom. The molecule has 2 fully saturated rings. The lowest BCUT2D eigenvalue weighted by Crippen LogP contribution is -2.32. The van der Waals surface area contributed by atoms with Crippen molar-refractivity contribution in [1.29, 1.82) is 0 Å². The number of likely N-dealkylation sites (N-methyl/N-ethyl adjacent to an activating group) is 1. The summed E-state index contributed by atoms with van der Waals surface area (Å²) >= 11 is 0. The predicted molar refractivity (Wildman–Crippen MR) is 86.0 cm³/mol. The molecule has 2 N–H and O–H groups in total. The predicted octanol–water partition coefficient (Wildman–Crippen LogP) is 3.07. The number of ether oxygens (including phenoxy) is 1. The van der Waals surface area contributed by atoms with E-state index in [4.69, 9.17) is 10.5 Å². The van der Waals surface area contributed by atoms with Crippen molar-refractivity contribution >= 4 is 0 Å². The Labute approximate surface area is 128 Å². The molecule has 2 aliphatic rings. The molecule has 3 rings (SSSR count). The third-order valence-electron chi connectivity index (χ3n) is 5.15. The van der Waals surface area contributed by atoms with Gasteiger partial charge in [-0.25, -0.2) is 0 Å². The zero-order chi connectivity index (χ0) is 14.7. The maximum atomic E-state index is 6.41. The Bertz CT molecular complexity index is 468. The van der Waals surface area contributed by atoms with Crippen LogP contribution >= 0.6 is 0 Å². The molecule has 1 spiro atoms. The van der Waals surface area contributed by atoms with Gasteiger partial charge in [0, 0.05) is 19.6 Å². The molecule has 1 atom stereocenters. The molecule has 0 bridgehead atoms. The average Bonchev–Trinajstić information content (AvgIpc) is 3.10. The van der Waals surface area contributed by atoms with Crippen LogP contribution in [0.4, 0.5) is 0 Å². The monoisotopic (exact) mass is 288 g/mol. The number of rotatable bonds is 5. The molecule has 0 aromatic heterocycles. The van der Waals surface area contributed by atoms with Crippen molar-refractivity contribution < 1.29 is 4.74 Å². The standard InChI is InChI=1S/C18H28N2O/c1-20(13-16-7-3-2-6-15(16)12-19)14-17-8-11-18(21-17)9-4-5-10-18/h2-3,6-7,17H,4-5,8-14,19H2,1H3. The quantitative estimate of drug-likeness (QED) is 0.905. The van der Waals surface area contributed by atoms with E-state index in [9.17, 15) is 0 Å². The third kappa shape index (κ3) is 3.47. The van der Waals surface area contributed by atoms with Crippen LogP contribution in [0, 0.1) is 0 Å². The van der Waals surface area contributed by atoms with Crippen LogP contribution in [0.3, 0.4) is 0 Å². The van der Waals surface area contributed by atoms with Gasteiger partial charge in [0.15, 0.2) is 0 Å². The van der Waals surface area contributed by atoms with Gasteiger partial charge in [0.05, 0.1) is 11.7 Å². The lowest BCUT2D eigenvalue weighted by molar-refractivity contribution is -0.0457. The first kappa shape index (κ1) is 15.0. The molecule has 21 heavy (non-hydrogen) atoms. The minimum absolute atomic E-state index is 0.251. The van der Waals surface area contributed by atoms with Crippen molar-refractivity contribution in [2.45, 2.75) is 63.3 Å². The Kier molecular flexibility index (Phi) is 4.63. The Morgan fingerprint density at radius 2 is 1.90 bits per heavy atom. The van der Waals surface area contributed by atoms with Crippen LogP contribution in [0.15, 0.2) is 24.3 Å². The zero-order valence-corrected chi connectivity index (χ0v) is 13.2. The fraction of sp³-hybridized carbons (Fsp3) is 0.667. The summed E-state index contributed by atoms with van der Waals surface area (Å²) in [5, 5.41) is 0. The molecule has 3 nitrogen and oxygen atoms in total. The second-order valence-corrected chi connectivity index (χ2v) is 6.84. The summed E-state index contributed by atoms with van der Waals surface area (Å²) in [5.74, 6) is 0. The van der Waals surface area contributed by atoms with Crippen molar-refractivity contribution in [1.82, 2.24) is 4.90 Å². The molecule has 1 aromatic rings. The van der Waals surface area contributed by atoms with Gasteiger partial charge in [0.2, 0.25) is 0 Å². The van der Waals surface area contributed by atoms with E-state index in [0.717, 1.165) is 13.1 Å². The summed E-state index contributed by atoms with van der Waals surface area (Å²) in [5.41, 5.74) is 8.67. The maximum Gasteiger partial charge on any atom is 0.0710 e. The van der Waals surface area contributed by atoms with Gasteiger partial charge in [-0.1, -0.05) is 37.1 Å². The molecule has 1 saturated carbocycles. The van der Waals surface area contributed by atoms with Crippen LogP contribution in [0.5, 0.6) is 0 Å². The summed E-state index contributed by atoms with van der Waals surface area (Å²) in [6, 6.07) is 8.48. The van der Waals surface area contributed by atoms with Gasteiger partial charge in [-0.15, -0.1) is 0 Å². The molecule has 0 radical (unpaired) electrons. The molecule has 3 heteroatoms. The van der Waals surface area contributed by atoms with Crippen molar-refractivity contribution in [3.05, 3.63) is 35.4 Å². The number of nitrogens with two attached hydrogens (primary N) is 1. The van der Waals surface area contributed by atoms with Crippen LogP contribution < -0.4 is 5.73 Å². The molecular formula is C18H28N2O. The molecule has 1 saturated heterocycles. The fourth-order valence-electron chi connectivity index (χ4n) is 4.03. The van der Waals surface area contributed by atoms with Gasteiger partial charge in [0.1, 0.15) is 0 Å². The lowest BCUT2D eigenvalue weighted by Gasteiger charge is -2.26. The molecule has 1 unspecified atom stereocenters. The van der Waals surface area contributed by atoms with E-state index in [0.29, 0.717) is 12.6 Å². The minimum Gasteiger partial charge on any atom is -0.370 e. The van der Waals surface area contributed by atoms with Gasteiger partial charge in [0.25, 0.3) is 0 Å². The van der Waals surface area contributed by atoms with Crippen LogP contribution in [-0.4, -0.2) is 30.2 Å². The van der Waals surface area contributed by atoms with E-state index in [2.05, 4.69) is 36.2 Å². The van der Waals surface area contributed by atoms with Crippen molar-refractivity contribution in [2.75, 3.05) is 13.6 Å². The third-order valence-corrected chi connectivity index (χ3v) is 5.15. The number of hydrogen-bond acceptors (Lipinski definition) is 3. The highest BCUT2D eigenvalue weighted by Crippen LogP contribution is 2.43. The fourth-order valence-corrected chi connectivity index (χ4v) is 4.03. The normalized spacial score (nSPS) is 24.2. The van der Waals surface area contributed by atoms with Crippen LogP contribution in [-0.2, 0) is 17.8 Å². The first-order chi connectivity index (χ1) is 10.2. The average molecular weight is 288 g/mol. The van der Waals surface area contributed by atoms with E-state index >= 15 is 0 Å². The van der Waals surface area contributed by atoms with Crippen molar-refractivity contribution in [3.8, 4) is 0 Å². The van der Waals surface area contributed by atoms with Gasteiger partial charge in [-0.05, 0) is 43.9 Å². The molecule has 1 aromatic carbocycles. The molecule has 1 heterocycles. The number of hydrogen-bond donors (Lipinski definition) is 1. The van der Waals surface area contributed by atoms with E-state index in [1.54, 1.807) is 0 Å². The second-order valence-electron chi connectivity index (χ2n) is 6.84. The highest BCUT2D eigenvalue weighted by atomic mass is 16.5. The summed E-state index contributed by atoms with van der Waals surface area (Å²) in [6.07, 6.45) is 8.18. The smallest absolute Gasteiger partial charge is 0.0710 e. The summed E-state index contributed by atoms with van der Waals surface area (Å²) in [6.45, 7) is 2.61. The van der Waals surface area contributed by atoms with Gasteiger partial charge in [-0.2, -0.15) is 0 Å². The summed E-state index contributed by atoms with van der Waals surface area (Å²) < 4.78 is 6.41. The highest BCUT2D eigenvalue weighted by molar-refractivity contribution is 5.26. The molecule has 1 aliphatic carbocycles. The number of nitrogens with zero attached hydrogens (tertiary/aromatic N) is 1. The Hall–Kier alpha value is -0.900. The second kappa shape index (κ2) is 6.47. The van der Waals surface area contributed by atoms with Crippen LogP contribution in [0.1, 0.15) is 49.7 Å². The largest absolute Gasteiger partial charge is 0.370 e. The van der Waals surface area contributed by atoms with Gasteiger partial charge in [-0.3, -0.25) is 4.90 Å². The first-order valence-electron chi connectivity index (χ1n) is 8.34. The van der Waals surface area contributed by atoms with E-state index < -0.39 is 0 Å². The van der Waals surface area contributed by atoms with Crippen LogP contribution in [0.25, 0.3) is 0 Å². The van der Waals surface area contributed by atoms with E-state index in [1.807, 2.05) is 0 Å². The molecular weight excluding hydrogens is 260 g/mol. The number of benzene rings is 1. The minimum atomic E-state index is 0.251. The topological polar surface area (TPSA) is 38.5 Å². The zero-order valence-electron chi connectivity index (χ0n) is 13.2. The van der Waals surface area contributed by atoms with Crippen molar-refractivity contribution in [2.24, 2.45) is 5.73 Å². The van der Waals surface area contributed by atoms with Crippen LogP contribution in [0.2, 0.25) is 0 Å². The lowest BCUT2D eigenvalue weighted by atomic mass is 9.98. The Morgan fingerprint density at radius 1 is 1.19 bits per heavy atom. The first-order valence-corrected chi connectivity index (χ1v) is 8.34.